The molecule has 1 fully saturated rings. The Balaban J connectivity index is 1.32. The number of hydrogen-bond donors (Lipinski definition) is 2. The molecule has 4 atom stereocenters. The maximum Gasteiger partial charge on any atom is 0.296 e. The summed E-state index contributed by atoms with van der Waals surface area (Å²) in [6.07, 6.45) is 2.62. The van der Waals surface area contributed by atoms with Gasteiger partial charge in [0.15, 0.2) is 17.9 Å². The van der Waals surface area contributed by atoms with Gasteiger partial charge in [0.1, 0.15) is 11.9 Å². The lowest BCUT2D eigenvalue weighted by molar-refractivity contribution is -0.117. The minimum Gasteiger partial charge on any atom is -0.456 e. The van der Waals surface area contributed by atoms with E-state index in [1.807, 2.05) is 12.1 Å². The number of aliphatic hydroxyl groups excluding tert-OH is 1. The number of aromatic amines is 1. The van der Waals surface area contributed by atoms with Crippen LogP contribution in [0.4, 0.5) is 4.39 Å². The highest BCUT2D eigenvalue weighted by Gasteiger charge is 2.39. The molecule has 1 unspecified atom stereocenters. The van der Waals surface area contributed by atoms with Crippen molar-refractivity contribution < 1.29 is 23.8 Å². The van der Waals surface area contributed by atoms with Crippen molar-refractivity contribution in [3.05, 3.63) is 47.0 Å². The summed E-state index contributed by atoms with van der Waals surface area (Å²) >= 11 is 6.53. The first-order chi connectivity index (χ1) is 16.9. The summed E-state index contributed by atoms with van der Waals surface area (Å²) in [7, 11) is 0. The van der Waals surface area contributed by atoms with Gasteiger partial charge in [0, 0.05) is 12.0 Å². The van der Waals surface area contributed by atoms with E-state index >= 15 is 0 Å². The molecule has 9 heteroatoms. The molecular formula is C26H27ClFN3O4. The number of pyridine rings is 1. The highest BCUT2D eigenvalue weighted by atomic mass is 35.5. The standard InChI is InChI=1S/C26H27ClFN3O4/c1-14(33)10-15-2-4-16(5-3-15)17-6-8-18(9-7-17)24-19(27)11-20-25(30-24)31-26(29-20)35-22-13-34-21(12-32)23(22)28/h4,6-9,11,15,21-23,32H,2-3,5,10,12-13H2,1H3,(H,29,30,31)/t15?,21-,22-,23-/m1/s1. The van der Waals surface area contributed by atoms with Crippen LogP contribution in [0.5, 0.6) is 6.01 Å². The van der Waals surface area contributed by atoms with Crippen LogP contribution in [0.25, 0.3) is 28.0 Å². The normalized spacial score (nSPS) is 24.5. The van der Waals surface area contributed by atoms with Crippen LogP contribution in [-0.2, 0) is 9.53 Å². The molecule has 0 amide bonds. The first-order valence-electron chi connectivity index (χ1n) is 11.8. The van der Waals surface area contributed by atoms with Crippen molar-refractivity contribution in [2.24, 2.45) is 5.92 Å². The number of fused-ring (bicyclic) bond motifs is 1. The van der Waals surface area contributed by atoms with Gasteiger partial charge >= 0.3 is 0 Å². The number of benzene rings is 1. The van der Waals surface area contributed by atoms with Crippen molar-refractivity contribution in [2.45, 2.75) is 51.0 Å². The number of carbonyl (C=O) groups excluding carboxylic acids is 1. The van der Waals surface area contributed by atoms with Gasteiger partial charge in [-0.05, 0) is 49.3 Å². The first kappa shape index (κ1) is 23.9. The van der Waals surface area contributed by atoms with Crippen LogP contribution in [0.1, 0.15) is 38.2 Å². The lowest BCUT2D eigenvalue weighted by Gasteiger charge is -2.21. The number of nitrogens with zero attached hydrogens (tertiary/aromatic N) is 2. The molecule has 2 N–H and O–H groups in total. The summed E-state index contributed by atoms with van der Waals surface area (Å²) in [6.45, 7) is 1.28. The monoisotopic (exact) mass is 499 g/mol. The van der Waals surface area contributed by atoms with E-state index in [-0.39, 0.29) is 18.4 Å². The largest absolute Gasteiger partial charge is 0.456 e. The fourth-order valence-corrected chi connectivity index (χ4v) is 5.04. The van der Waals surface area contributed by atoms with Crippen LogP contribution in [0, 0.1) is 5.92 Å². The molecule has 0 saturated carbocycles. The molecule has 1 aliphatic carbocycles. The Morgan fingerprint density at radius 1 is 1.29 bits per heavy atom. The molecule has 0 bridgehead atoms. The number of halogens is 2. The van der Waals surface area contributed by atoms with E-state index in [0.29, 0.717) is 34.2 Å². The third-order valence-electron chi connectivity index (χ3n) is 6.66. The van der Waals surface area contributed by atoms with Gasteiger partial charge in [-0.25, -0.2) is 9.37 Å². The quantitative estimate of drug-likeness (QED) is 0.479. The van der Waals surface area contributed by atoms with Gasteiger partial charge in [0.25, 0.3) is 6.01 Å². The van der Waals surface area contributed by atoms with Crippen molar-refractivity contribution >= 4 is 34.1 Å². The Hall–Kier alpha value is -2.81. The fraction of sp³-hybridized carbons (Fsp3) is 0.423. The summed E-state index contributed by atoms with van der Waals surface area (Å²) in [6, 6.07) is 9.94. The molecule has 184 valence electrons. The lowest BCUT2D eigenvalue weighted by atomic mass is 9.84. The van der Waals surface area contributed by atoms with Crippen LogP contribution >= 0.6 is 11.6 Å². The van der Waals surface area contributed by atoms with E-state index < -0.39 is 25.0 Å². The van der Waals surface area contributed by atoms with E-state index in [1.54, 1.807) is 13.0 Å². The number of aromatic nitrogens is 3. The smallest absolute Gasteiger partial charge is 0.296 e. The van der Waals surface area contributed by atoms with Gasteiger partial charge in [0.2, 0.25) is 0 Å². The number of nitrogens with one attached hydrogen (secondary N) is 1. The number of rotatable bonds is 7. The topological polar surface area (TPSA) is 97.3 Å². The number of aliphatic hydroxyl groups is 1. The van der Waals surface area contributed by atoms with E-state index in [9.17, 15) is 9.18 Å². The van der Waals surface area contributed by atoms with Crippen LogP contribution in [0.2, 0.25) is 5.02 Å². The molecular weight excluding hydrogens is 473 g/mol. The zero-order valence-corrected chi connectivity index (χ0v) is 20.1. The molecule has 0 spiro atoms. The maximum absolute atomic E-state index is 14.3. The number of alkyl halides is 1. The SMILES string of the molecule is CC(=O)CC1CC=C(c2ccc(-c3nc4nc(O[C@@H]5CO[C@H](CO)[C@H]5F)[nH]c4cc3Cl)cc2)CC1. The van der Waals surface area contributed by atoms with Crippen LogP contribution in [0.15, 0.2) is 36.4 Å². The summed E-state index contributed by atoms with van der Waals surface area (Å²) in [5.74, 6) is 0.698. The van der Waals surface area contributed by atoms with Gasteiger partial charge in [-0.15, -0.1) is 0 Å². The number of ketones is 1. The Morgan fingerprint density at radius 3 is 2.71 bits per heavy atom. The van der Waals surface area contributed by atoms with Gasteiger partial charge in [-0.2, -0.15) is 4.98 Å². The highest BCUT2D eigenvalue weighted by Crippen LogP contribution is 2.34. The number of hydrogen-bond acceptors (Lipinski definition) is 6. The van der Waals surface area contributed by atoms with Crippen LogP contribution < -0.4 is 4.74 Å². The van der Waals surface area contributed by atoms with Gasteiger partial charge in [-0.3, -0.25) is 0 Å². The number of Topliss-reactive ketones (excluding diaryl/α,β-unsaturated/α-hetero) is 1. The van der Waals surface area contributed by atoms with Crippen molar-refractivity contribution in [1.29, 1.82) is 0 Å². The van der Waals surface area contributed by atoms with Gasteiger partial charge in [0.05, 0.1) is 29.4 Å². The summed E-state index contributed by atoms with van der Waals surface area (Å²) in [5, 5.41) is 9.61. The van der Waals surface area contributed by atoms with Gasteiger partial charge < -0.3 is 24.4 Å². The second-order valence-corrected chi connectivity index (χ2v) is 9.65. The maximum atomic E-state index is 14.3. The Labute approximate surface area is 207 Å². The number of ether oxygens (including phenoxy) is 2. The lowest BCUT2D eigenvalue weighted by Crippen LogP contribution is -2.32. The number of imidazole rings is 1. The molecule has 35 heavy (non-hydrogen) atoms. The number of allylic oxidation sites excluding steroid dienone is 2. The van der Waals surface area contributed by atoms with E-state index in [4.69, 9.17) is 26.2 Å². The van der Waals surface area contributed by atoms with Crippen molar-refractivity contribution in [3.63, 3.8) is 0 Å². The predicted molar refractivity (Wildman–Crippen MR) is 131 cm³/mol. The molecule has 3 aromatic rings. The Morgan fingerprint density at radius 2 is 2.06 bits per heavy atom. The van der Waals surface area contributed by atoms with Crippen molar-refractivity contribution in [2.75, 3.05) is 13.2 Å². The Bertz CT molecular complexity index is 1260. The van der Waals surface area contributed by atoms with Crippen molar-refractivity contribution in [3.8, 4) is 17.3 Å². The minimum atomic E-state index is -1.45. The third-order valence-corrected chi connectivity index (χ3v) is 6.95. The van der Waals surface area contributed by atoms with Gasteiger partial charge in [-0.1, -0.05) is 41.9 Å². The molecule has 5 rings (SSSR count). The average molecular weight is 500 g/mol. The molecule has 7 nitrogen and oxygen atoms in total. The third kappa shape index (κ3) is 5.10. The molecule has 2 aromatic heterocycles. The molecule has 0 radical (unpaired) electrons. The second kappa shape index (κ2) is 10.0. The Kier molecular flexibility index (Phi) is 6.86. The summed E-state index contributed by atoms with van der Waals surface area (Å²) in [5.41, 5.74) is 4.88. The van der Waals surface area contributed by atoms with E-state index in [0.717, 1.165) is 30.4 Å². The minimum absolute atomic E-state index is 0.0308. The molecule has 1 saturated heterocycles. The molecule has 2 aliphatic rings. The molecule has 1 aliphatic heterocycles. The molecule has 1 aromatic carbocycles. The number of H-pyrrole nitrogens is 1. The summed E-state index contributed by atoms with van der Waals surface area (Å²) < 4.78 is 25.1. The van der Waals surface area contributed by atoms with Crippen LogP contribution in [-0.4, -0.2) is 57.4 Å². The number of carbonyl (C=O) groups is 1. The molecule has 3 heterocycles. The zero-order valence-electron chi connectivity index (χ0n) is 19.3. The first-order valence-corrected chi connectivity index (χ1v) is 12.2. The van der Waals surface area contributed by atoms with Crippen LogP contribution in [0.3, 0.4) is 0 Å². The van der Waals surface area contributed by atoms with E-state index in [2.05, 4.69) is 33.2 Å². The second-order valence-electron chi connectivity index (χ2n) is 9.24. The summed E-state index contributed by atoms with van der Waals surface area (Å²) in [4.78, 5) is 23.3. The zero-order chi connectivity index (χ0) is 24.5. The average Bonchev–Trinajstić information content (AvgIpc) is 3.40. The van der Waals surface area contributed by atoms with E-state index in [1.165, 1.54) is 5.57 Å². The van der Waals surface area contributed by atoms with Crippen molar-refractivity contribution in [1.82, 2.24) is 15.0 Å². The predicted octanol–water partition coefficient (Wildman–Crippen LogP) is 4.92. The highest BCUT2D eigenvalue weighted by molar-refractivity contribution is 6.33. The fourth-order valence-electron chi connectivity index (χ4n) is 4.78.